The molecule has 2 heterocycles. The van der Waals surface area contributed by atoms with E-state index in [1.165, 1.54) is 10.5 Å². The molecule has 7 heteroatoms. The van der Waals surface area contributed by atoms with Crippen molar-refractivity contribution >= 4 is 10.0 Å². The van der Waals surface area contributed by atoms with Crippen molar-refractivity contribution in [3.05, 3.63) is 58.3 Å². The minimum absolute atomic E-state index is 0.0155. The molecule has 1 saturated heterocycles. The molecule has 2 aromatic rings. The molecule has 1 atom stereocenters. The zero-order chi connectivity index (χ0) is 16.4. The van der Waals surface area contributed by atoms with Gasteiger partial charge in [-0.05, 0) is 37.5 Å². The number of sulfonamides is 1. The van der Waals surface area contributed by atoms with Crippen LogP contribution in [0, 0.1) is 6.92 Å². The van der Waals surface area contributed by atoms with E-state index < -0.39 is 15.7 Å². The molecular formula is C16H19N3O3S. The maximum Gasteiger partial charge on any atom is 0.345 e. The quantitative estimate of drug-likeness (QED) is 0.926. The third-order valence-electron chi connectivity index (χ3n) is 4.23. The van der Waals surface area contributed by atoms with Crippen molar-refractivity contribution in [2.75, 3.05) is 13.1 Å². The molecule has 1 aromatic heterocycles. The lowest BCUT2D eigenvalue weighted by atomic mass is 9.96. The molecule has 23 heavy (non-hydrogen) atoms. The molecule has 1 fully saturated rings. The summed E-state index contributed by atoms with van der Waals surface area (Å²) in [4.78, 5) is 18.1. The fourth-order valence-electron chi connectivity index (χ4n) is 3.02. The van der Waals surface area contributed by atoms with Gasteiger partial charge in [0.1, 0.15) is 0 Å². The molecule has 0 spiro atoms. The number of rotatable bonds is 3. The predicted molar refractivity (Wildman–Crippen MR) is 86.8 cm³/mol. The number of aryl methyl sites for hydroxylation is 1. The monoisotopic (exact) mass is 333 g/mol. The van der Waals surface area contributed by atoms with E-state index in [-0.39, 0.29) is 5.92 Å². The van der Waals surface area contributed by atoms with Gasteiger partial charge in [-0.15, -0.1) is 0 Å². The number of piperidine rings is 1. The first-order chi connectivity index (χ1) is 11.0. The largest absolute Gasteiger partial charge is 0.345 e. The zero-order valence-corrected chi connectivity index (χ0v) is 13.7. The summed E-state index contributed by atoms with van der Waals surface area (Å²) >= 11 is 0. The second kappa shape index (κ2) is 6.25. The normalized spacial score (nSPS) is 19.6. The van der Waals surface area contributed by atoms with Crippen LogP contribution >= 0.6 is 0 Å². The van der Waals surface area contributed by atoms with Gasteiger partial charge in [0.15, 0.2) is 0 Å². The first-order valence-corrected chi connectivity index (χ1v) is 9.03. The Morgan fingerprint density at radius 2 is 2.04 bits per heavy atom. The number of hydrogen-bond donors (Lipinski definition) is 1. The van der Waals surface area contributed by atoms with E-state index in [1.807, 2.05) is 6.07 Å². The molecule has 1 aromatic carbocycles. The maximum atomic E-state index is 12.9. The number of H-pyrrole nitrogens is 1. The summed E-state index contributed by atoms with van der Waals surface area (Å²) in [6.07, 6.45) is 3.07. The summed E-state index contributed by atoms with van der Waals surface area (Å²) in [5.41, 5.74) is 1.09. The third kappa shape index (κ3) is 3.20. The van der Waals surface area contributed by atoms with Crippen LogP contribution in [-0.4, -0.2) is 35.8 Å². The molecule has 1 aliphatic rings. The van der Waals surface area contributed by atoms with E-state index in [4.69, 9.17) is 0 Å². The van der Waals surface area contributed by atoms with E-state index in [2.05, 4.69) is 9.97 Å². The lowest BCUT2D eigenvalue weighted by molar-refractivity contribution is 0.312. The van der Waals surface area contributed by atoms with Crippen LogP contribution in [0.5, 0.6) is 0 Å². The van der Waals surface area contributed by atoms with E-state index in [9.17, 15) is 13.2 Å². The second-order valence-electron chi connectivity index (χ2n) is 5.80. The summed E-state index contributed by atoms with van der Waals surface area (Å²) in [5.74, 6) is -0.0155. The smallest absolute Gasteiger partial charge is 0.309 e. The molecule has 6 nitrogen and oxygen atoms in total. The Labute approximate surface area is 135 Å². The number of nitrogens with zero attached hydrogens (tertiary/aromatic N) is 2. The summed E-state index contributed by atoms with van der Waals surface area (Å²) in [6.45, 7) is 2.67. The van der Waals surface area contributed by atoms with Crippen LogP contribution in [0.1, 0.15) is 30.0 Å². The fourth-order valence-corrected chi connectivity index (χ4v) is 4.77. The summed E-state index contributed by atoms with van der Waals surface area (Å²) in [5, 5.41) is 0. The lowest BCUT2D eigenvalue weighted by Gasteiger charge is -2.32. The highest BCUT2D eigenvalue weighted by atomic mass is 32.2. The van der Waals surface area contributed by atoms with Gasteiger partial charge < -0.3 is 4.98 Å². The van der Waals surface area contributed by atoms with Crippen LogP contribution in [0.15, 0.2) is 46.2 Å². The van der Waals surface area contributed by atoms with Gasteiger partial charge in [-0.3, -0.25) is 0 Å². The van der Waals surface area contributed by atoms with Crippen LogP contribution in [0.25, 0.3) is 0 Å². The maximum absolute atomic E-state index is 12.9. The molecule has 0 amide bonds. The van der Waals surface area contributed by atoms with Crippen molar-refractivity contribution in [2.45, 2.75) is 30.6 Å². The fraction of sp³-hybridized carbons (Fsp3) is 0.375. The Balaban J connectivity index is 1.89. The van der Waals surface area contributed by atoms with Gasteiger partial charge in [-0.2, -0.15) is 4.31 Å². The molecule has 0 aliphatic carbocycles. The minimum Gasteiger partial charge on any atom is -0.309 e. The molecule has 1 N–H and O–H groups in total. The first kappa shape index (κ1) is 15.9. The van der Waals surface area contributed by atoms with Crippen LogP contribution in [0.2, 0.25) is 0 Å². The van der Waals surface area contributed by atoms with Gasteiger partial charge in [-0.25, -0.2) is 18.2 Å². The Hall–Kier alpha value is -1.99. The molecule has 122 valence electrons. The highest BCUT2D eigenvalue weighted by Gasteiger charge is 2.31. The Morgan fingerprint density at radius 3 is 2.78 bits per heavy atom. The number of benzene rings is 1. The highest BCUT2D eigenvalue weighted by molar-refractivity contribution is 7.89. The average molecular weight is 333 g/mol. The molecule has 0 unspecified atom stereocenters. The Morgan fingerprint density at radius 1 is 1.26 bits per heavy atom. The average Bonchev–Trinajstić information content (AvgIpc) is 2.55. The third-order valence-corrected chi connectivity index (χ3v) is 6.26. The zero-order valence-electron chi connectivity index (χ0n) is 12.9. The summed E-state index contributed by atoms with van der Waals surface area (Å²) in [6, 6.07) is 8.75. The number of aromatic nitrogens is 2. The van der Waals surface area contributed by atoms with Crippen molar-refractivity contribution in [1.29, 1.82) is 0 Å². The van der Waals surface area contributed by atoms with Crippen LogP contribution in [-0.2, 0) is 10.0 Å². The van der Waals surface area contributed by atoms with Crippen molar-refractivity contribution in [3.8, 4) is 0 Å². The lowest BCUT2D eigenvalue weighted by Crippen LogP contribution is -2.39. The minimum atomic E-state index is -3.52. The van der Waals surface area contributed by atoms with Crippen molar-refractivity contribution in [3.63, 3.8) is 0 Å². The van der Waals surface area contributed by atoms with Gasteiger partial charge in [0, 0.05) is 30.9 Å². The summed E-state index contributed by atoms with van der Waals surface area (Å²) in [7, 11) is -3.52. The number of aromatic amines is 1. The molecular weight excluding hydrogens is 314 g/mol. The molecule has 0 radical (unpaired) electrons. The van der Waals surface area contributed by atoms with Gasteiger partial charge in [-0.1, -0.05) is 18.2 Å². The predicted octanol–water partition coefficient (Wildman–Crippen LogP) is 1.65. The van der Waals surface area contributed by atoms with E-state index in [1.54, 1.807) is 31.2 Å². The van der Waals surface area contributed by atoms with Gasteiger partial charge in [0.2, 0.25) is 10.0 Å². The topological polar surface area (TPSA) is 83.1 Å². The number of hydrogen-bond acceptors (Lipinski definition) is 4. The van der Waals surface area contributed by atoms with E-state index in [0.29, 0.717) is 18.0 Å². The van der Waals surface area contributed by atoms with Crippen LogP contribution in [0.4, 0.5) is 0 Å². The Kier molecular flexibility index (Phi) is 4.32. The van der Waals surface area contributed by atoms with Gasteiger partial charge in [0.05, 0.1) is 4.90 Å². The summed E-state index contributed by atoms with van der Waals surface area (Å²) < 4.78 is 27.3. The van der Waals surface area contributed by atoms with E-state index in [0.717, 1.165) is 24.1 Å². The Bertz CT molecular complexity index is 861. The van der Waals surface area contributed by atoms with E-state index >= 15 is 0 Å². The van der Waals surface area contributed by atoms with Crippen LogP contribution in [0.3, 0.4) is 0 Å². The highest BCUT2D eigenvalue weighted by Crippen LogP contribution is 2.29. The molecule has 1 aliphatic heterocycles. The molecule has 3 rings (SSSR count). The molecule has 0 saturated carbocycles. The van der Waals surface area contributed by atoms with Gasteiger partial charge >= 0.3 is 5.69 Å². The second-order valence-corrected chi connectivity index (χ2v) is 7.70. The number of nitrogens with one attached hydrogen (secondary N) is 1. The SMILES string of the molecule is Cc1ccccc1S(=O)(=O)N1CCC[C@H](c2ccnc(=O)[nH]2)C1. The first-order valence-electron chi connectivity index (χ1n) is 7.59. The van der Waals surface area contributed by atoms with Crippen molar-refractivity contribution < 1.29 is 8.42 Å². The van der Waals surface area contributed by atoms with Crippen molar-refractivity contribution in [1.82, 2.24) is 14.3 Å². The standard InChI is InChI=1S/C16H19N3O3S/c1-12-5-2-3-7-15(12)23(21,22)19-10-4-6-13(11-19)14-8-9-17-16(20)18-14/h2-3,5,7-9,13H,4,6,10-11H2,1H3,(H,17,18,20)/t13-/m0/s1. The van der Waals surface area contributed by atoms with Gasteiger partial charge in [0.25, 0.3) is 0 Å². The molecule has 0 bridgehead atoms. The van der Waals surface area contributed by atoms with Crippen LogP contribution < -0.4 is 5.69 Å². The van der Waals surface area contributed by atoms with Crippen molar-refractivity contribution in [2.24, 2.45) is 0 Å².